The molecule has 0 fully saturated rings. The highest BCUT2D eigenvalue weighted by Crippen LogP contribution is 2.06. The highest BCUT2D eigenvalue weighted by atomic mass is 16.4. The number of aromatic nitrogens is 3. The summed E-state index contributed by atoms with van der Waals surface area (Å²) in [5.41, 5.74) is 1.02. The van der Waals surface area contributed by atoms with Crippen LogP contribution in [0.2, 0.25) is 0 Å². The van der Waals surface area contributed by atoms with Crippen molar-refractivity contribution >= 4 is 11.9 Å². The van der Waals surface area contributed by atoms with E-state index in [0.717, 1.165) is 5.56 Å². The number of carboxylic acid groups (broad SMARTS) is 1. The van der Waals surface area contributed by atoms with Gasteiger partial charge in [0.2, 0.25) is 5.82 Å². The van der Waals surface area contributed by atoms with E-state index in [1.165, 1.54) is 0 Å². The van der Waals surface area contributed by atoms with E-state index < -0.39 is 17.9 Å². The standard InChI is InChI=1S/C14H16N4O3/c1-9-15-12(18-17-9)13(19)16-11(14(20)21)8-7-10-5-3-2-4-6-10/h2-6,11H,7-8H2,1H3,(H,16,19)(H,20,21)(H,15,17,18). The first-order chi connectivity index (χ1) is 10.1. The Balaban J connectivity index is 1.96. The average Bonchev–Trinajstić information content (AvgIpc) is 2.90. The maximum absolute atomic E-state index is 11.9. The minimum Gasteiger partial charge on any atom is -0.480 e. The number of aromatic amines is 1. The molecule has 0 aliphatic heterocycles. The van der Waals surface area contributed by atoms with Crippen molar-refractivity contribution in [2.45, 2.75) is 25.8 Å². The number of hydrogen-bond donors (Lipinski definition) is 3. The molecule has 1 unspecified atom stereocenters. The normalized spacial score (nSPS) is 11.9. The molecule has 1 aromatic carbocycles. The molecular weight excluding hydrogens is 272 g/mol. The molecule has 1 atom stereocenters. The lowest BCUT2D eigenvalue weighted by molar-refractivity contribution is -0.139. The summed E-state index contributed by atoms with van der Waals surface area (Å²) in [4.78, 5) is 27.0. The molecule has 7 nitrogen and oxygen atoms in total. The first-order valence-corrected chi connectivity index (χ1v) is 6.53. The molecule has 110 valence electrons. The highest BCUT2D eigenvalue weighted by molar-refractivity contribution is 5.93. The van der Waals surface area contributed by atoms with Crippen molar-refractivity contribution in [2.75, 3.05) is 0 Å². The molecule has 1 aromatic heterocycles. The van der Waals surface area contributed by atoms with E-state index >= 15 is 0 Å². The van der Waals surface area contributed by atoms with Gasteiger partial charge in [-0.05, 0) is 25.3 Å². The number of carbonyl (C=O) groups excluding carboxylic acids is 1. The van der Waals surface area contributed by atoms with Crippen molar-refractivity contribution in [3.8, 4) is 0 Å². The molecular formula is C14H16N4O3. The van der Waals surface area contributed by atoms with Crippen LogP contribution in [0, 0.1) is 6.92 Å². The fourth-order valence-corrected chi connectivity index (χ4v) is 1.88. The van der Waals surface area contributed by atoms with Crippen molar-refractivity contribution in [3.63, 3.8) is 0 Å². The van der Waals surface area contributed by atoms with E-state index in [1.807, 2.05) is 30.3 Å². The number of nitrogens with one attached hydrogen (secondary N) is 2. The number of aliphatic carboxylic acids is 1. The Kier molecular flexibility index (Phi) is 4.65. The zero-order valence-electron chi connectivity index (χ0n) is 11.5. The van der Waals surface area contributed by atoms with Gasteiger partial charge in [0.25, 0.3) is 5.91 Å². The predicted molar refractivity (Wildman–Crippen MR) is 74.8 cm³/mol. The van der Waals surface area contributed by atoms with E-state index in [0.29, 0.717) is 18.7 Å². The SMILES string of the molecule is Cc1nc(C(=O)NC(CCc2ccccc2)C(=O)O)n[nH]1. The minimum absolute atomic E-state index is 0.0570. The average molecular weight is 288 g/mol. The third-order valence-corrected chi connectivity index (χ3v) is 2.97. The first kappa shape index (κ1) is 14.7. The summed E-state index contributed by atoms with van der Waals surface area (Å²) in [5.74, 6) is -1.24. The second-order valence-electron chi connectivity index (χ2n) is 4.63. The summed E-state index contributed by atoms with van der Waals surface area (Å²) in [5, 5.41) is 17.9. The molecule has 2 aromatic rings. The van der Waals surface area contributed by atoms with Gasteiger partial charge in [-0.1, -0.05) is 30.3 Å². The first-order valence-electron chi connectivity index (χ1n) is 6.53. The largest absolute Gasteiger partial charge is 0.480 e. The summed E-state index contributed by atoms with van der Waals surface area (Å²) in [6.45, 7) is 1.66. The van der Waals surface area contributed by atoms with Gasteiger partial charge in [0, 0.05) is 0 Å². The number of benzene rings is 1. The van der Waals surface area contributed by atoms with Crippen molar-refractivity contribution < 1.29 is 14.7 Å². The predicted octanol–water partition coefficient (Wildman–Crippen LogP) is 0.929. The Labute approximate surface area is 121 Å². The van der Waals surface area contributed by atoms with Crippen molar-refractivity contribution in [3.05, 3.63) is 47.5 Å². The summed E-state index contributed by atoms with van der Waals surface area (Å²) in [6.07, 6.45) is 0.861. The Hall–Kier alpha value is -2.70. The van der Waals surface area contributed by atoms with Gasteiger partial charge in [0.15, 0.2) is 0 Å². The summed E-state index contributed by atoms with van der Waals surface area (Å²) in [7, 11) is 0. The zero-order valence-corrected chi connectivity index (χ0v) is 11.5. The van der Waals surface area contributed by atoms with Gasteiger partial charge in [0.05, 0.1) is 0 Å². The number of H-pyrrole nitrogens is 1. The number of hydrogen-bond acceptors (Lipinski definition) is 4. The number of carbonyl (C=O) groups is 2. The van der Waals surface area contributed by atoms with Gasteiger partial charge in [-0.25, -0.2) is 9.78 Å². The smallest absolute Gasteiger partial charge is 0.326 e. The Bertz CT molecular complexity index is 624. The van der Waals surface area contributed by atoms with Crippen LogP contribution in [0.3, 0.4) is 0 Å². The van der Waals surface area contributed by atoms with E-state index in [1.54, 1.807) is 6.92 Å². The molecule has 1 heterocycles. The topological polar surface area (TPSA) is 108 Å². The molecule has 3 N–H and O–H groups in total. The van der Waals surface area contributed by atoms with Crippen LogP contribution in [-0.2, 0) is 11.2 Å². The van der Waals surface area contributed by atoms with Crippen molar-refractivity contribution in [1.82, 2.24) is 20.5 Å². The fourth-order valence-electron chi connectivity index (χ4n) is 1.88. The third-order valence-electron chi connectivity index (χ3n) is 2.97. The number of carboxylic acids is 1. The van der Waals surface area contributed by atoms with Gasteiger partial charge in [-0.3, -0.25) is 9.89 Å². The van der Waals surface area contributed by atoms with Gasteiger partial charge >= 0.3 is 5.97 Å². The van der Waals surface area contributed by atoms with Crippen LogP contribution >= 0.6 is 0 Å². The van der Waals surface area contributed by atoms with Crippen molar-refractivity contribution in [1.29, 1.82) is 0 Å². The summed E-state index contributed by atoms with van der Waals surface area (Å²) >= 11 is 0. The van der Waals surface area contributed by atoms with E-state index in [2.05, 4.69) is 20.5 Å². The molecule has 1 amide bonds. The van der Waals surface area contributed by atoms with E-state index in [9.17, 15) is 14.7 Å². The van der Waals surface area contributed by atoms with Gasteiger partial charge < -0.3 is 10.4 Å². The lowest BCUT2D eigenvalue weighted by atomic mass is 10.1. The van der Waals surface area contributed by atoms with Crippen LogP contribution in [0.15, 0.2) is 30.3 Å². The molecule has 0 saturated carbocycles. The molecule has 0 bridgehead atoms. The van der Waals surface area contributed by atoms with Gasteiger partial charge in [0.1, 0.15) is 11.9 Å². The fraction of sp³-hybridized carbons (Fsp3) is 0.286. The molecule has 0 radical (unpaired) electrons. The second-order valence-corrected chi connectivity index (χ2v) is 4.63. The van der Waals surface area contributed by atoms with Crippen LogP contribution in [-0.4, -0.2) is 38.2 Å². The highest BCUT2D eigenvalue weighted by Gasteiger charge is 2.22. The monoisotopic (exact) mass is 288 g/mol. The number of aryl methyl sites for hydroxylation is 2. The molecule has 0 aliphatic rings. The summed E-state index contributed by atoms with van der Waals surface area (Å²) in [6, 6.07) is 8.53. The van der Waals surface area contributed by atoms with Crippen LogP contribution in [0.25, 0.3) is 0 Å². The maximum atomic E-state index is 11.9. The maximum Gasteiger partial charge on any atom is 0.326 e. The molecule has 0 saturated heterocycles. The van der Waals surface area contributed by atoms with Gasteiger partial charge in [-0.15, -0.1) is 5.10 Å². The Morgan fingerprint density at radius 3 is 2.62 bits per heavy atom. The molecule has 7 heteroatoms. The van der Waals surface area contributed by atoms with Crippen LogP contribution < -0.4 is 5.32 Å². The number of rotatable bonds is 6. The Morgan fingerprint density at radius 1 is 1.33 bits per heavy atom. The minimum atomic E-state index is -1.08. The van der Waals surface area contributed by atoms with Crippen LogP contribution in [0.4, 0.5) is 0 Å². The number of amides is 1. The quantitative estimate of drug-likeness (QED) is 0.732. The molecule has 0 aliphatic carbocycles. The van der Waals surface area contributed by atoms with Crippen LogP contribution in [0.5, 0.6) is 0 Å². The van der Waals surface area contributed by atoms with Crippen LogP contribution in [0.1, 0.15) is 28.4 Å². The molecule has 2 rings (SSSR count). The molecule has 21 heavy (non-hydrogen) atoms. The second kappa shape index (κ2) is 6.65. The zero-order chi connectivity index (χ0) is 15.2. The van der Waals surface area contributed by atoms with Gasteiger partial charge in [-0.2, -0.15) is 0 Å². The molecule has 0 spiro atoms. The number of nitrogens with zero attached hydrogens (tertiary/aromatic N) is 2. The van der Waals surface area contributed by atoms with E-state index in [-0.39, 0.29) is 5.82 Å². The van der Waals surface area contributed by atoms with E-state index in [4.69, 9.17) is 0 Å². The summed E-state index contributed by atoms with van der Waals surface area (Å²) < 4.78 is 0. The third kappa shape index (κ3) is 4.13. The lowest BCUT2D eigenvalue weighted by Crippen LogP contribution is -2.41. The lowest BCUT2D eigenvalue weighted by Gasteiger charge is -2.13. The van der Waals surface area contributed by atoms with Crippen molar-refractivity contribution in [2.24, 2.45) is 0 Å². The Morgan fingerprint density at radius 2 is 2.05 bits per heavy atom.